The Kier molecular flexibility index (Phi) is 8.47. The van der Waals surface area contributed by atoms with Gasteiger partial charge >= 0.3 is 6.18 Å². The monoisotopic (exact) mass is 565 g/mol. The summed E-state index contributed by atoms with van der Waals surface area (Å²) in [6.07, 6.45) is -5.26. The average molecular weight is 566 g/mol. The number of nitrogens with zero attached hydrogens (tertiary/aromatic N) is 1. The van der Waals surface area contributed by atoms with Crippen molar-refractivity contribution in [2.45, 2.75) is 17.7 Å². The fraction of sp³-hybridized carbons (Fsp3) is 0.333. The third-order valence-corrected chi connectivity index (χ3v) is 6.44. The predicted molar refractivity (Wildman–Crippen MR) is 135 cm³/mol. The van der Waals surface area contributed by atoms with Crippen molar-refractivity contribution in [2.24, 2.45) is 5.73 Å². The summed E-state index contributed by atoms with van der Waals surface area (Å²) in [5.41, 5.74) is 1.89. The molecule has 40 heavy (non-hydrogen) atoms. The van der Waals surface area contributed by atoms with Crippen molar-refractivity contribution in [1.29, 1.82) is 0 Å². The molecule has 0 radical (unpaired) electrons. The van der Waals surface area contributed by atoms with Crippen molar-refractivity contribution in [1.82, 2.24) is 10.3 Å². The maximum absolute atomic E-state index is 14.4. The van der Waals surface area contributed by atoms with Gasteiger partial charge in [0.25, 0.3) is 5.91 Å². The Bertz CT molecular complexity index is 1370. The molecule has 0 saturated heterocycles. The van der Waals surface area contributed by atoms with E-state index in [2.05, 4.69) is 10.3 Å². The number of ether oxygens (including phenoxy) is 3. The number of nitrogens with two attached hydrogens (primary N) is 1. The number of carbonyl (C=O) groups is 1. The molecule has 2 atom stereocenters. The van der Waals surface area contributed by atoms with Gasteiger partial charge in [-0.05, 0) is 48.5 Å². The molecule has 0 aliphatic carbocycles. The highest BCUT2D eigenvalue weighted by Crippen LogP contribution is 2.45. The van der Waals surface area contributed by atoms with E-state index in [1.165, 1.54) is 37.4 Å². The molecule has 0 bridgehead atoms. The number of nitrogens with one attached hydrogen (secondary N) is 1. The first kappa shape index (κ1) is 29.1. The Morgan fingerprint density at radius 3 is 2.52 bits per heavy atom. The first-order valence-corrected chi connectivity index (χ1v) is 12.2. The summed E-state index contributed by atoms with van der Waals surface area (Å²) < 4.78 is 73.0. The summed E-state index contributed by atoms with van der Waals surface area (Å²) in [5, 5.41) is 22.1. The second kappa shape index (κ2) is 11.7. The van der Waals surface area contributed by atoms with E-state index in [0.717, 1.165) is 18.2 Å². The molecule has 0 fully saturated rings. The van der Waals surface area contributed by atoms with Gasteiger partial charge in [0.2, 0.25) is 5.60 Å². The molecule has 1 aliphatic heterocycles. The second-order valence-electron chi connectivity index (χ2n) is 9.00. The molecular weight excluding hydrogens is 538 g/mol. The van der Waals surface area contributed by atoms with Gasteiger partial charge in [0, 0.05) is 29.2 Å². The van der Waals surface area contributed by atoms with Gasteiger partial charge in [0.1, 0.15) is 23.9 Å². The van der Waals surface area contributed by atoms with Gasteiger partial charge in [0.05, 0.1) is 32.6 Å². The van der Waals surface area contributed by atoms with E-state index in [0.29, 0.717) is 5.56 Å². The van der Waals surface area contributed by atoms with Crippen LogP contribution in [0.3, 0.4) is 0 Å². The number of carbonyl (C=O) groups excluding carboxylic acids is 1. The van der Waals surface area contributed by atoms with Crippen LogP contribution in [-0.4, -0.2) is 67.3 Å². The molecule has 1 amide bonds. The molecule has 1 aromatic heterocycles. The molecule has 2 heterocycles. The number of methoxy groups -OCH3 is 1. The zero-order valence-electron chi connectivity index (χ0n) is 21.3. The summed E-state index contributed by atoms with van der Waals surface area (Å²) in [7, 11) is 1.31. The lowest BCUT2D eigenvalue weighted by molar-refractivity contribution is -0.265. The number of aliphatic hydroxyl groups is 2. The van der Waals surface area contributed by atoms with Crippen molar-refractivity contribution in [3.63, 3.8) is 0 Å². The first-order chi connectivity index (χ1) is 19.0. The highest BCUT2D eigenvalue weighted by molar-refractivity contribution is 5.95. The Hall–Kier alpha value is -3.94. The molecule has 3 aromatic rings. The molecule has 0 spiro atoms. The van der Waals surface area contributed by atoms with Crippen molar-refractivity contribution in [2.75, 3.05) is 40.0 Å². The van der Waals surface area contributed by atoms with Crippen LogP contribution in [0.4, 0.5) is 17.6 Å². The molecule has 5 N–H and O–H groups in total. The first-order valence-electron chi connectivity index (χ1n) is 12.2. The van der Waals surface area contributed by atoms with Gasteiger partial charge in [-0.15, -0.1) is 0 Å². The lowest BCUT2D eigenvalue weighted by Gasteiger charge is -2.31. The number of aliphatic hydroxyl groups excluding tert-OH is 1. The van der Waals surface area contributed by atoms with Crippen molar-refractivity contribution in [3.05, 3.63) is 71.2 Å². The van der Waals surface area contributed by atoms with E-state index in [1.54, 1.807) is 0 Å². The minimum Gasteiger partial charge on any atom is -0.493 e. The zero-order chi connectivity index (χ0) is 29.1. The minimum atomic E-state index is -5.26. The molecule has 9 nitrogen and oxygen atoms in total. The van der Waals surface area contributed by atoms with Gasteiger partial charge < -0.3 is 35.5 Å². The van der Waals surface area contributed by atoms with E-state index in [9.17, 15) is 27.5 Å². The number of fused-ring (bicyclic) bond motifs is 1. The summed E-state index contributed by atoms with van der Waals surface area (Å²) in [4.78, 5) is 16.9. The number of rotatable bonds is 10. The van der Waals surface area contributed by atoms with Crippen LogP contribution in [0.2, 0.25) is 0 Å². The number of aromatic nitrogens is 1. The number of alkyl halides is 3. The normalized spacial score (nSPS) is 16.1. The van der Waals surface area contributed by atoms with E-state index in [4.69, 9.17) is 25.1 Å². The third-order valence-electron chi connectivity index (χ3n) is 6.44. The second-order valence-corrected chi connectivity index (χ2v) is 9.00. The van der Waals surface area contributed by atoms with Crippen molar-refractivity contribution >= 4 is 5.91 Å². The standard InChI is InChI=1S/C27H27F4N3O6/c1-38-21-10-16(4-7-20(21)39-9-8-35)25(36)33-14-26(37,27(29,30)31)22-11-19-17(12-32)13-40-24(19)23(34-22)15-2-5-18(28)6-3-15/h2-7,10-11,17,35,37H,8-9,12-14,32H2,1H3,(H,33,36). The maximum atomic E-state index is 14.4. The SMILES string of the molecule is COc1cc(C(=O)NCC(O)(c2cc3c(c(-c4ccc(F)cc4)n2)OCC3CN)C(F)(F)F)ccc1OCCO. The molecule has 13 heteroatoms. The van der Waals surface area contributed by atoms with Crippen LogP contribution in [-0.2, 0) is 5.60 Å². The highest BCUT2D eigenvalue weighted by Gasteiger charge is 2.57. The van der Waals surface area contributed by atoms with Crippen LogP contribution in [0, 0.1) is 5.82 Å². The molecule has 214 valence electrons. The fourth-order valence-electron chi connectivity index (χ4n) is 4.22. The maximum Gasteiger partial charge on any atom is 0.424 e. The zero-order valence-corrected chi connectivity index (χ0v) is 21.3. The Morgan fingerprint density at radius 2 is 1.90 bits per heavy atom. The lowest BCUT2D eigenvalue weighted by atomic mass is 9.91. The number of benzene rings is 2. The van der Waals surface area contributed by atoms with E-state index in [1.807, 2.05) is 0 Å². The summed E-state index contributed by atoms with van der Waals surface area (Å²) >= 11 is 0. The van der Waals surface area contributed by atoms with Gasteiger partial charge in [-0.3, -0.25) is 4.79 Å². The molecule has 4 rings (SSSR count). The van der Waals surface area contributed by atoms with Crippen molar-refractivity contribution in [3.8, 4) is 28.5 Å². The smallest absolute Gasteiger partial charge is 0.424 e. The van der Waals surface area contributed by atoms with E-state index >= 15 is 0 Å². The average Bonchev–Trinajstić information content (AvgIpc) is 3.37. The number of halogens is 4. The number of hydrogen-bond acceptors (Lipinski definition) is 8. The number of hydrogen-bond donors (Lipinski definition) is 4. The van der Waals surface area contributed by atoms with Gasteiger partial charge in [-0.2, -0.15) is 13.2 Å². The highest BCUT2D eigenvalue weighted by atomic mass is 19.4. The summed E-state index contributed by atoms with van der Waals surface area (Å²) in [6.45, 7) is -1.43. The van der Waals surface area contributed by atoms with Crippen LogP contribution in [0.15, 0.2) is 48.5 Å². The van der Waals surface area contributed by atoms with Gasteiger partial charge in [-0.1, -0.05) is 0 Å². The minimum absolute atomic E-state index is 0.0272. The molecule has 2 aromatic carbocycles. The predicted octanol–water partition coefficient (Wildman–Crippen LogP) is 2.88. The van der Waals surface area contributed by atoms with Crippen molar-refractivity contribution < 1.29 is 46.8 Å². The van der Waals surface area contributed by atoms with Crippen LogP contribution in [0.25, 0.3) is 11.3 Å². The van der Waals surface area contributed by atoms with Gasteiger partial charge in [0.15, 0.2) is 11.5 Å². The Morgan fingerprint density at radius 1 is 1.18 bits per heavy atom. The molecule has 1 aliphatic rings. The van der Waals surface area contributed by atoms with Gasteiger partial charge in [-0.25, -0.2) is 9.37 Å². The quantitative estimate of drug-likeness (QED) is 0.276. The number of pyridine rings is 1. The lowest BCUT2D eigenvalue weighted by Crippen LogP contribution is -2.51. The number of amides is 1. The fourth-order valence-corrected chi connectivity index (χ4v) is 4.22. The van der Waals surface area contributed by atoms with E-state index in [-0.39, 0.29) is 60.4 Å². The molecular formula is C27H27F4N3O6. The largest absolute Gasteiger partial charge is 0.493 e. The molecule has 2 unspecified atom stereocenters. The van der Waals surface area contributed by atoms with Crippen LogP contribution < -0.4 is 25.3 Å². The van der Waals surface area contributed by atoms with Crippen LogP contribution in [0.1, 0.15) is 27.5 Å². The van der Waals surface area contributed by atoms with Crippen LogP contribution >= 0.6 is 0 Å². The summed E-state index contributed by atoms with van der Waals surface area (Å²) in [5.74, 6) is -1.44. The van der Waals surface area contributed by atoms with E-state index < -0.39 is 41.7 Å². The Balaban J connectivity index is 1.70. The Labute approximate surface area is 226 Å². The topological polar surface area (TPSA) is 136 Å². The third kappa shape index (κ3) is 5.67. The summed E-state index contributed by atoms with van der Waals surface area (Å²) in [6, 6.07) is 9.88. The molecule has 0 saturated carbocycles. The van der Waals surface area contributed by atoms with Crippen LogP contribution in [0.5, 0.6) is 17.2 Å².